The van der Waals surface area contributed by atoms with Crippen LogP contribution in [0.1, 0.15) is 57.8 Å². The third kappa shape index (κ3) is 8.17. The van der Waals surface area contributed by atoms with Gasteiger partial charge in [0, 0.05) is 57.3 Å². The van der Waals surface area contributed by atoms with Gasteiger partial charge in [-0.3, -0.25) is 19.3 Å². The summed E-state index contributed by atoms with van der Waals surface area (Å²) in [6.45, 7) is 11.9. The third-order valence-corrected chi connectivity index (χ3v) is 12.3. The summed E-state index contributed by atoms with van der Waals surface area (Å²) in [5.74, 6) is -1.41. The molecule has 49 heavy (non-hydrogen) atoms. The van der Waals surface area contributed by atoms with Gasteiger partial charge in [-0.15, -0.1) is 0 Å². The second kappa shape index (κ2) is 16.5. The van der Waals surface area contributed by atoms with Crippen LogP contribution in [0.25, 0.3) is 0 Å². The SMILES string of the molecule is O=C(NCCN1CCCC1)C1=CN2C3CCC(C(=O)NCCN4CCCC4)CC3OC3C(NCCCN4CCOCC4)C(F)CC(C1=O)C32. The number of carbonyl (C=O) groups excluding carboxylic acids is 3. The normalized spacial score (nSPS) is 35.5. The lowest BCUT2D eigenvalue weighted by molar-refractivity contribution is -0.202. The second-order valence-electron chi connectivity index (χ2n) is 15.4. The van der Waals surface area contributed by atoms with Crippen molar-refractivity contribution in [2.45, 2.75) is 94.3 Å². The van der Waals surface area contributed by atoms with Crippen molar-refractivity contribution >= 4 is 17.6 Å². The summed E-state index contributed by atoms with van der Waals surface area (Å²) in [6.07, 6.45) is 7.35. The fourth-order valence-corrected chi connectivity index (χ4v) is 9.56. The van der Waals surface area contributed by atoms with E-state index in [1.54, 1.807) is 6.20 Å². The molecule has 5 heterocycles. The first-order valence-corrected chi connectivity index (χ1v) is 19.3. The lowest BCUT2D eigenvalue weighted by atomic mass is 9.69. The first kappa shape index (κ1) is 35.3. The van der Waals surface area contributed by atoms with Crippen molar-refractivity contribution in [3.63, 3.8) is 0 Å². The van der Waals surface area contributed by atoms with E-state index in [-0.39, 0.29) is 53.7 Å². The zero-order valence-corrected chi connectivity index (χ0v) is 29.2. The molecule has 12 nitrogen and oxygen atoms in total. The summed E-state index contributed by atoms with van der Waals surface area (Å²) in [5, 5.41) is 9.67. The minimum atomic E-state index is -1.29. The maximum atomic E-state index is 16.2. The molecule has 0 aromatic rings. The van der Waals surface area contributed by atoms with Crippen LogP contribution in [-0.2, 0) is 23.9 Å². The van der Waals surface area contributed by atoms with Crippen LogP contribution in [0.4, 0.5) is 4.39 Å². The van der Waals surface area contributed by atoms with Gasteiger partial charge in [0.15, 0.2) is 5.78 Å². The summed E-state index contributed by atoms with van der Waals surface area (Å²) in [6, 6.07) is -0.985. The lowest BCUT2D eigenvalue weighted by Gasteiger charge is -2.59. The number of fused-ring (bicyclic) bond motifs is 2. The monoisotopic (exact) mass is 687 g/mol. The molecule has 3 N–H and O–H groups in total. The molecule has 13 heteroatoms. The standard InChI is InChI=1S/C36H58FN7O5/c37-28-23-26-32-34(31(28)38-8-5-15-43-18-20-48-21-19-43)49-30-22-25(35(46)39-9-16-41-11-1-2-12-41)6-7-29(30)44(32)24-27(33(26)45)36(47)40-10-17-42-13-3-4-14-42/h24-26,28-32,34,38H,1-23H2,(H,39,46)(H,40,47). The van der Waals surface area contributed by atoms with Crippen molar-refractivity contribution in [1.82, 2.24) is 35.6 Å². The molecule has 6 fully saturated rings. The Morgan fingerprint density at radius 2 is 1.51 bits per heavy atom. The summed E-state index contributed by atoms with van der Waals surface area (Å²) >= 11 is 0. The molecule has 2 aliphatic carbocycles. The number of nitrogens with one attached hydrogen (secondary N) is 3. The molecular weight excluding hydrogens is 629 g/mol. The highest BCUT2D eigenvalue weighted by molar-refractivity contribution is 6.20. The van der Waals surface area contributed by atoms with Gasteiger partial charge in [-0.05, 0) is 97.1 Å². The number of hydrogen-bond acceptors (Lipinski definition) is 10. The molecule has 8 unspecified atom stereocenters. The minimum Gasteiger partial charge on any atom is -0.379 e. The van der Waals surface area contributed by atoms with E-state index < -0.39 is 24.2 Å². The quantitative estimate of drug-likeness (QED) is 0.187. The molecule has 0 radical (unpaired) electrons. The first-order chi connectivity index (χ1) is 24.0. The highest BCUT2D eigenvalue weighted by Gasteiger charge is 2.59. The Hall–Kier alpha value is -2.16. The maximum Gasteiger partial charge on any atom is 0.256 e. The molecular formula is C36H58FN7O5. The van der Waals surface area contributed by atoms with Gasteiger partial charge < -0.3 is 40.1 Å². The highest BCUT2D eigenvalue weighted by atomic mass is 19.1. The Morgan fingerprint density at radius 1 is 0.837 bits per heavy atom. The van der Waals surface area contributed by atoms with Crippen molar-refractivity contribution < 1.29 is 28.2 Å². The van der Waals surface area contributed by atoms with Crippen molar-refractivity contribution in [2.75, 3.05) is 91.8 Å². The molecule has 7 aliphatic rings. The maximum absolute atomic E-state index is 16.2. The molecule has 0 aromatic heterocycles. The number of halogens is 1. The molecule has 0 aromatic carbocycles. The van der Waals surface area contributed by atoms with Crippen molar-refractivity contribution in [3.05, 3.63) is 11.8 Å². The van der Waals surface area contributed by atoms with E-state index in [9.17, 15) is 14.4 Å². The summed E-state index contributed by atoms with van der Waals surface area (Å²) < 4.78 is 28.5. The number of ether oxygens (including phenoxy) is 2. The summed E-state index contributed by atoms with van der Waals surface area (Å²) in [4.78, 5) is 50.1. The van der Waals surface area contributed by atoms with Gasteiger partial charge in [-0.2, -0.15) is 0 Å². The number of alkyl halides is 1. The molecule has 7 rings (SSSR count). The van der Waals surface area contributed by atoms with Crippen LogP contribution in [0.15, 0.2) is 11.8 Å². The second-order valence-corrected chi connectivity index (χ2v) is 15.4. The van der Waals surface area contributed by atoms with Crippen LogP contribution >= 0.6 is 0 Å². The third-order valence-electron chi connectivity index (χ3n) is 12.3. The van der Waals surface area contributed by atoms with E-state index in [0.717, 1.165) is 85.0 Å². The van der Waals surface area contributed by atoms with Gasteiger partial charge in [0.05, 0.1) is 49.1 Å². The van der Waals surface area contributed by atoms with Crippen LogP contribution in [0, 0.1) is 11.8 Å². The molecule has 5 aliphatic heterocycles. The van der Waals surface area contributed by atoms with Gasteiger partial charge in [0.1, 0.15) is 6.17 Å². The predicted octanol–water partition coefficient (Wildman–Crippen LogP) is 0.522. The molecule has 274 valence electrons. The topological polar surface area (TPSA) is 119 Å². The van der Waals surface area contributed by atoms with Gasteiger partial charge in [-0.1, -0.05) is 0 Å². The number of carbonyl (C=O) groups is 3. The summed E-state index contributed by atoms with van der Waals surface area (Å²) in [5.41, 5.74) is 0.132. The Bertz CT molecular complexity index is 1190. The molecule has 0 bridgehead atoms. The van der Waals surface area contributed by atoms with E-state index in [1.165, 1.54) is 25.7 Å². The Morgan fingerprint density at radius 3 is 2.22 bits per heavy atom. The molecule has 8 atom stereocenters. The van der Waals surface area contributed by atoms with Crippen LogP contribution < -0.4 is 16.0 Å². The fourth-order valence-electron chi connectivity index (χ4n) is 9.56. The van der Waals surface area contributed by atoms with Crippen molar-refractivity contribution in [2.24, 2.45) is 11.8 Å². The van der Waals surface area contributed by atoms with Crippen LogP contribution in [0.3, 0.4) is 0 Å². The van der Waals surface area contributed by atoms with E-state index >= 15 is 4.39 Å². The van der Waals surface area contributed by atoms with Gasteiger partial charge in [-0.25, -0.2) is 4.39 Å². The Labute approximate surface area is 290 Å². The molecule has 2 amide bonds. The Balaban J connectivity index is 1.04. The van der Waals surface area contributed by atoms with Crippen molar-refractivity contribution in [3.8, 4) is 0 Å². The average molecular weight is 688 g/mol. The molecule has 4 saturated heterocycles. The van der Waals surface area contributed by atoms with Crippen molar-refractivity contribution in [1.29, 1.82) is 0 Å². The van der Waals surface area contributed by atoms with E-state index in [2.05, 4.69) is 35.6 Å². The predicted molar refractivity (Wildman–Crippen MR) is 183 cm³/mol. The van der Waals surface area contributed by atoms with E-state index in [1.807, 2.05) is 0 Å². The van der Waals surface area contributed by atoms with Gasteiger partial charge in [0.2, 0.25) is 5.91 Å². The van der Waals surface area contributed by atoms with Crippen LogP contribution in [0.2, 0.25) is 0 Å². The number of Topliss-reactive ketones (excluding diaryl/α,β-unsaturated/α-hetero) is 1. The van der Waals surface area contributed by atoms with E-state index in [0.29, 0.717) is 32.5 Å². The van der Waals surface area contributed by atoms with Gasteiger partial charge >= 0.3 is 0 Å². The zero-order chi connectivity index (χ0) is 33.7. The smallest absolute Gasteiger partial charge is 0.256 e. The zero-order valence-electron chi connectivity index (χ0n) is 29.2. The summed E-state index contributed by atoms with van der Waals surface area (Å²) in [7, 11) is 0. The van der Waals surface area contributed by atoms with Gasteiger partial charge in [0.25, 0.3) is 5.91 Å². The number of amides is 2. The first-order valence-electron chi connectivity index (χ1n) is 19.3. The number of rotatable bonds is 13. The highest BCUT2D eigenvalue weighted by Crippen LogP contribution is 2.46. The minimum absolute atomic E-state index is 0.0634. The largest absolute Gasteiger partial charge is 0.379 e. The number of hydrogen-bond donors (Lipinski definition) is 3. The fraction of sp³-hybridized carbons (Fsp3) is 0.861. The average Bonchev–Trinajstić information content (AvgIpc) is 3.84. The van der Waals surface area contributed by atoms with Crippen LogP contribution in [-0.4, -0.2) is 165 Å². The number of morpholine rings is 2. The molecule has 0 spiro atoms. The number of likely N-dealkylation sites (tertiary alicyclic amines) is 2. The van der Waals surface area contributed by atoms with E-state index in [4.69, 9.17) is 9.47 Å². The Kier molecular flexibility index (Phi) is 11.8. The molecule has 2 saturated carbocycles. The lowest BCUT2D eigenvalue weighted by Crippen LogP contribution is -2.73. The number of ketones is 1. The van der Waals surface area contributed by atoms with Crippen LogP contribution in [0.5, 0.6) is 0 Å². The number of nitrogens with zero attached hydrogens (tertiary/aromatic N) is 4.